The molecule has 6 nitrogen and oxygen atoms in total. The molecular weight excluding hydrogens is 476 g/mol. The predicted molar refractivity (Wildman–Crippen MR) is 146 cm³/mol. The molecular formula is C32H24N2O4. The van der Waals surface area contributed by atoms with Gasteiger partial charge >= 0.3 is 0 Å². The Kier molecular flexibility index (Phi) is 5.92. The molecule has 0 unspecified atom stereocenters. The van der Waals surface area contributed by atoms with Crippen molar-refractivity contribution in [3.8, 4) is 11.1 Å². The SMILES string of the molecule is O=Cc1ccc(C(=O)N2CCc3c(-c4cccc5c4CCN5C(=O)c4ccc(C=O)cc4)cccc32)cc1. The third-order valence-electron chi connectivity index (χ3n) is 7.42. The van der Waals surface area contributed by atoms with Crippen molar-refractivity contribution in [1.82, 2.24) is 0 Å². The van der Waals surface area contributed by atoms with Gasteiger partial charge in [0.1, 0.15) is 12.6 Å². The largest absolute Gasteiger partial charge is 0.308 e. The van der Waals surface area contributed by atoms with Gasteiger partial charge in [-0.1, -0.05) is 48.5 Å². The van der Waals surface area contributed by atoms with Crippen LogP contribution in [0.5, 0.6) is 0 Å². The molecule has 2 amide bonds. The number of benzene rings is 4. The molecule has 2 heterocycles. The zero-order chi connectivity index (χ0) is 26.2. The van der Waals surface area contributed by atoms with Crippen LogP contribution in [0.3, 0.4) is 0 Å². The zero-order valence-corrected chi connectivity index (χ0v) is 20.6. The second kappa shape index (κ2) is 9.56. The van der Waals surface area contributed by atoms with Crippen molar-refractivity contribution in [3.63, 3.8) is 0 Å². The summed E-state index contributed by atoms with van der Waals surface area (Å²) in [7, 11) is 0. The average Bonchev–Trinajstić information content (AvgIpc) is 3.61. The van der Waals surface area contributed by atoms with Crippen molar-refractivity contribution in [1.29, 1.82) is 0 Å². The van der Waals surface area contributed by atoms with Crippen molar-refractivity contribution < 1.29 is 19.2 Å². The molecule has 0 saturated carbocycles. The van der Waals surface area contributed by atoms with E-state index < -0.39 is 0 Å². The molecule has 0 bridgehead atoms. The van der Waals surface area contributed by atoms with Crippen LogP contribution in [0, 0.1) is 0 Å². The number of rotatable bonds is 5. The highest BCUT2D eigenvalue weighted by Gasteiger charge is 2.31. The van der Waals surface area contributed by atoms with Gasteiger partial charge in [-0.05, 0) is 71.5 Å². The zero-order valence-electron chi connectivity index (χ0n) is 20.6. The van der Waals surface area contributed by atoms with E-state index in [1.165, 1.54) is 0 Å². The number of carbonyl (C=O) groups excluding carboxylic acids is 4. The van der Waals surface area contributed by atoms with Gasteiger partial charge in [-0.15, -0.1) is 0 Å². The number of hydrogen-bond acceptors (Lipinski definition) is 4. The molecule has 6 heteroatoms. The van der Waals surface area contributed by atoms with E-state index in [2.05, 4.69) is 12.1 Å². The Hall–Kier alpha value is -4.84. The first-order valence-electron chi connectivity index (χ1n) is 12.6. The molecule has 0 aliphatic carbocycles. The summed E-state index contributed by atoms with van der Waals surface area (Å²) in [5.41, 5.74) is 8.35. The topological polar surface area (TPSA) is 74.8 Å². The van der Waals surface area contributed by atoms with E-state index in [-0.39, 0.29) is 11.8 Å². The highest BCUT2D eigenvalue weighted by molar-refractivity contribution is 6.09. The predicted octanol–water partition coefficient (Wildman–Crippen LogP) is 5.38. The van der Waals surface area contributed by atoms with Crippen LogP contribution in [-0.4, -0.2) is 37.5 Å². The highest BCUT2D eigenvalue weighted by Crippen LogP contribution is 2.42. The maximum absolute atomic E-state index is 13.3. The minimum atomic E-state index is -0.0889. The lowest BCUT2D eigenvalue weighted by atomic mass is 9.93. The van der Waals surface area contributed by atoms with Crippen LogP contribution in [0.2, 0.25) is 0 Å². The summed E-state index contributed by atoms with van der Waals surface area (Å²) in [4.78, 5) is 52.2. The number of amides is 2. The molecule has 4 aromatic rings. The smallest absolute Gasteiger partial charge is 0.258 e. The fourth-order valence-corrected chi connectivity index (χ4v) is 5.52. The Balaban J connectivity index is 1.33. The van der Waals surface area contributed by atoms with Crippen molar-refractivity contribution >= 4 is 35.8 Å². The van der Waals surface area contributed by atoms with Gasteiger partial charge in [0.05, 0.1) is 0 Å². The Morgan fingerprint density at radius 3 is 1.32 bits per heavy atom. The first-order chi connectivity index (χ1) is 18.6. The van der Waals surface area contributed by atoms with E-state index in [0.717, 1.165) is 59.0 Å². The molecule has 38 heavy (non-hydrogen) atoms. The average molecular weight is 501 g/mol. The first-order valence-corrected chi connectivity index (χ1v) is 12.6. The van der Waals surface area contributed by atoms with Crippen molar-refractivity contribution in [2.45, 2.75) is 12.8 Å². The monoisotopic (exact) mass is 500 g/mol. The van der Waals surface area contributed by atoms with Crippen LogP contribution >= 0.6 is 0 Å². The molecule has 0 saturated heterocycles. The van der Waals surface area contributed by atoms with Gasteiger partial charge in [0.15, 0.2) is 0 Å². The molecule has 0 fully saturated rings. The summed E-state index contributed by atoms with van der Waals surface area (Å²) in [6.45, 7) is 1.16. The molecule has 2 aliphatic rings. The first kappa shape index (κ1) is 23.6. The quantitative estimate of drug-likeness (QED) is 0.345. The minimum absolute atomic E-state index is 0.0889. The maximum atomic E-state index is 13.3. The van der Waals surface area contributed by atoms with E-state index in [1.807, 2.05) is 24.3 Å². The van der Waals surface area contributed by atoms with Gasteiger partial charge in [-0.2, -0.15) is 0 Å². The van der Waals surface area contributed by atoms with Gasteiger partial charge in [-0.25, -0.2) is 0 Å². The molecule has 2 aliphatic heterocycles. The van der Waals surface area contributed by atoms with Crippen LogP contribution in [0.25, 0.3) is 11.1 Å². The van der Waals surface area contributed by atoms with Gasteiger partial charge in [-0.3, -0.25) is 19.2 Å². The maximum Gasteiger partial charge on any atom is 0.258 e. The van der Waals surface area contributed by atoms with Crippen LogP contribution in [0.15, 0.2) is 84.9 Å². The van der Waals surface area contributed by atoms with E-state index in [0.29, 0.717) is 35.3 Å². The van der Waals surface area contributed by atoms with Gasteiger partial charge in [0, 0.05) is 46.7 Å². The Morgan fingerprint density at radius 2 is 0.947 bits per heavy atom. The molecule has 0 aromatic heterocycles. The van der Waals surface area contributed by atoms with E-state index >= 15 is 0 Å². The van der Waals surface area contributed by atoms with Crippen LogP contribution < -0.4 is 9.80 Å². The molecule has 6 rings (SSSR count). The number of aldehydes is 2. The van der Waals surface area contributed by atoms with E-state index in [1.54, 1.807) is 58.3 Å². The number of hydrogen-bond donors (Lipinski definition) is 0. The Morgan fingerprint density at radius 1 is 0.553 bits per heavy atom. The Labute approximate surface area is 220 Å². The van der Waals surface area contributed by atoms with Crippen LogP contribution in [-0.2, 0) is 12.8 Å². The van der Waals surface area contributed by atoms with Crippen molar-refractivity contribution in [3.05, 3.63) is 118 Å². The third-order valence-corrected chi connectivity index (χ3v) is 7.42. The summed E-state index contributed by atoms with van der Waals surface area (Å²) >= 11 is 0. The lowest BCUT2D eigenvalue weighted by Crippen LogP contribution is -2.28. The van der Waals surface area contributed by atoms with Gasteiger partial charge < -0.3 is 9.80 Å². The van der Waals surface area contributed by atoms with Gasteiger partial charge in [0.2, 0.25) is 0 Å². The Bertz CT molecular complexity index is 1470. The summed E-state index contributed by atoms with van der Waals surface area (Å²) in [5.74, 6) is -0.178. The summed E-state index contributed by atoms with van der Waals surface area (Å²) < 4.78 is 0. The second-order valence-corrected chi connectivity index (χ2v) is 9.50. The molecule has 0 radical (unpaired) electrons. The second-order valence-electron chi connectivity index (χ2n) is 9.50. The minimum Gasteiger partial charge on any atom is -0.308 e. The third kappa shape index (κ3) is 3.91. The number of fused-ring (bicyclic) bond motifs is 2. The highest BCUT2D eigenvalue weighted by atomic mass is 16.2. The lowest BCUT2D eigenvalue weighted by molar-refractivity contribution is 0.0981. The molecule has 4 aromatic carbocycles. The number of carbonyl (C=O) groups is 4. The van der Waals surface area contributed by atoms with Crippen LogP contribution in [0.4, 0.5) is 11.4 Å². The van der Waals surface area contributed by atoms with E-state index in [9.17, 15) is 19.2 Å². The fraction of sp³-hybridized carbons (Fsp3) is 0.125. The fourth-order valence-electron chi connectivity index (χ4n) is 5.52. The molecule has 0 spiro atoms. The number of anilines is 2. The molecule has 0 atom stereocenters. The normalized spacial score (nSPS) is 13.7. The molecule has 186 valence electrons. The lowest BCUT2D eigenvalue weighted by Gasteiger charge is -2.20. The standard InChI is InChI=1S/C32H24N2O4/c35-19-21-7-11-23(12-8-21)31(37)33-17-15-27-25(3-1-5-29(27)33)26-4-2-6-30-28(26)16-18-34(30)32(38)24-13-9-22(20-36)10-14-24/h1-14,19-20H,15-18H2. The van der Waals surface area contributed by atoms with Crippen LogP contribution in [0.1, 0.15) is 52.6 Å². The van der Waals surface area contributed by atoms with Gasteiger partial charge in [0.25, 0.3) is 11.8 Å². The van der Waals surface area contributed by atoms with Crippen molar-refractivity contribution in [2.24, 2.45) is 0 Å². The molecule has 0 N–H and O–H groups in total. The summed E-state index contributed by atoms with van der Waals surface area (Å²) in [6.07, 6.45) is 3.00. The number of nitrogens with zero attached hydrogens (tertiary/aromatic N) is 2. The van der Waals surface area contributed by atoms with E-state index in [4.69, 9.17) is 0 Å². The van der Waals surface area contributed by atoms with Crippen molar-refractivity contribution in [2.75, 3.05) is 22.9 Å². The summed E-state index contributed by atoms with van der Waals surface area (Å²) in [5, 5.41) is 0. The summed E-state index contributed by atoms with van der Waals surface area (Å²) in [6, 6.07) is 25.5.